The number of hydrogen-bond donors (Lipinski definition) is 1. The summed E-state index contributed by atoms with van der Waals surface area (Å²) in [5.41, 5.74) is 6.14. The van der Waals surface area contributed by atoms with E-state index >= 15 is 0 Å². The molecule has 0 saturated carbocycles. The Balaban J connectivity index is 2.07. The van der Waals surface area contributed by atoms with Crippen LogP contribution in [0.3, 0.4) is 0 Å². The zero-order valence-electron chi connectivity index (χ0n) is 11.7. The van der Waals surface area contributed by atoms with Gasteiger partial charge in [0, 0.05) is 12.6 Å². The molecule has 0 atom stereocenters. The standard InChI is InChI=1S/C16H13NO5/c1-10(18)21-12-8-6-11(7-9-12)15(19)22-16(20)13-4-2-3-5-14(13)17/h2-9H,17H2,1H3. The van der Waals surface area contributed by atoms with Crippen LogP contribution in [0.4, 0.5) is 5.69 Å². The van der Waals surface area contributed by atoms with Gasteiger partial charge in [0.2, 0.25) is 0 Å². The minimum Gasteiger partial charge on any atom is -0.427 e. The third-order valence-corrected chi connectivity index (χ3v) is 2.72. The van der Waals surface area contributed by atoms with Crippen molar-refractivity contribution in [1.82, 2.24) is 0 Å². The van der Waals surface area contributed by atoms with Crippen LogP contribution in [0.2, 0.25) is 0 Å². The van der Waals surface area contributed by atoms with Crippen molar-refractivity contribution in [2.24, 2.45) is 0 Å². The normalized spacial score (nSPS) is 9.86. The Morgan fingerprint density at radius 1 is 0.909 bits per heavy atom. The molecule has 0 aromatic heterocycles. The van der Waals surface area contributed by atoms with Crippen molar-refractivity contribution in [3.05, 3.63) is 59.7 Å². The molecule has 0 aliphatic carbocycles. The topological polar surface area (TPSA) is 95.7 Å². The smallest absolute Gasteiger partial charge is 0.348 e. The number of carbonyl (C=O) groups is 3. The Labute approximate surface area is 126 Å². The van der Waals surface area contributed by atoms with E-state index in [1.165, 1.54) is 43.3 Å². The Bertz CT molecular complexity index is 722. The van der Waals surface area contributed by atoms with E-state index in [2.05, 4.69) is 0 Å². The van der Waals surface area contributed by atoms with Crippen LogP contribution in [0, 0.1) is 0 Å². The largest absolute Gasteiger partial charge is 0.427 e. The van der Waals surface area contributed by atoms with Gasteiger partial charge in [-0.25, -0.2) is 9.59 Å². The number of rotatable bonds is 3. The molecule has 0 spiro atoms. The molecule has 22 heavy (non-hydrogen) atoms. The third-order valence-electron chi connectivity index (χ3n) is 2.72. The average Bonchev–Trinajstić information content (AvgIpc) is 2.47. The summed E-state index contributed by atoms with van der Waals surface area (Å²) < 4.78 is 9.60. The predicted octanol–water partition coefficient (Wildman–Crippen LogP) is 2.19. The molecule has 2 N–H and O–H groups in total. The fourth-order valence-electron chi connectivity index (χ4n) is 1.71. The molecule has 6 nitrogen and oxygen atoms in total. The van der Waals surface area contributed by atoms with Crippen LogP contribution in [-0.4, -0.2) is 17.9 Å². The Kier molecular flexibility index (Phi) is 4.53. The van der Waals surface area contributed by atoms with Crippen LogP contribution < -0.4 is 10.5 Å². The van der Waals surface area contributed by atoms with Crippen LogP contribution in [0.15, 0.2) is 48.5 Å². The van der Waals surface area contributed by atoms with Crippen molar-refractivity contribution in [2.45, 2.75) is 6.92 Å². The summed E-state index contributed by atoms with van der Waals surface area (Å²) in [5, 5.41) is 0. The van der Waals surface area contributed by atoms with E-state index in [0.717, 1.165) is 0 Å². The van der Waals surface area contributed by atoms with Gasteiger partial charge in [-0.2, -0.15) is 0 Å². The molecule has 2 aromatic rings. The van der Waals surface area contributed by atoms with Crippen molar-refractivity contribution in [1.29, 1.82) is 0 Å². The predicted molar refractivity (Wildman–Crippen MR) is 78.4 cm³/mol. The van der Waals surface area contributed by atoms with Crippen LogP contribution in [0.25, 0.3) is 0 Å². The molecule has 0 fully saturated rings. The van der Waals surface area contributed by atoms with Crippen LogP contribution >= 0.6 is 0 Å². The van der Waals surface area contributed by atoms with Gasteiger partial charge in [0.15, 0.2) is 0 Å². The highest BCUT2D eigenvalue weighted by atomic mass is 16.6. The van der Waals surface area contributed by atoms with Crippen molar-refractivity contribution in [3.63, 3.8) is 0 Å². The zero-order chi connectivity index (χ0) is 16.1. The van der Waals surface area contributed by atoms with E-state index in [1.54, 1.807) is 12.1 Å². The Morgan fingerprint density at radius 3 is 2.14 bits per heavy atom. The van der Waals surface area contributed by atoms with Crippen molar-refractivity contribution < 1.29 is 23.9 Å². The van der Waals surface area contributed by atoms with Gasteiger partial charge in [-0.3, -0.25) is 4.79 Å². The van der Waals surface area contributed by atoms with Crippen molar-refractivity contribution >= 4 is 23.6 Å². The summed E-state index contributed by atoms with van der Waals surface area (Å²) in [6, 6.07) is 11.9. The number of esters is 3. The van der Waals surface area contributed by atoms with Gasteiger partial charge in [0.1, 0.15) is 5.75 Å². The van der Waals surface area contributed by atoms with E-state index in [1.807, 2.05) is 0 Å². The van der Waals surface area contributed by atoms with E-state index in [4.69, 9.17) is 15.2 Å². The summed E-state index contributed by atoms with van der Waals surface area (Å²) >= 11 is 0. The molecule has 0 radical (unpaired) electrons. The first kappa shape index (κ1) is 15.2. The number of hydrogen-bond acceptors (Lipinski definition) is 6. The third kappa shape index (κ3) is 3.69. The molecular formula is C16H13NO5. The summed E-state index contributed by atoms with van der Waals surface area (Å²) in [5.74, 6) is -1.82. The summed E-state index contributed by atoms with van der Waals surface area (Å²) in [7, 11) is 0. The minimum absolute atomic E-state index is 0.118. The first-order valence-electron chi connectivity index (χ1n) is 6.37. The molecule has 0 aliphatic heterocycles. The highest BCUT2D eigenvalue weighted by Gasteiger charge is 2.16. The number of carbonyl (C=O) groups excluding carboxylic acids is 3. The number of nitrogens with two attached hydrogens (primary N) is 1. The maximum Gasteiger partial charge on any atom is 0.348 e. The molecule has 0 saturated heterocycles. The first-order valence-corrected chi connectivity index (χ1v) is 6.37. The second-order valence-corrected chi connectivity index (χ2v) is 4.38. The molecule has 0 heterocycles. The van der Waals surface area contributed by atoms with Gasteiger partial charge in [-0.15, -0.1) is 0 Å². The second-order valence-electron chi connectivity index (χ2n) is 4.38. The zero-order valence-corrected chi connectivity index (χ0v) is 11.7. The average molecular weight is 299 g/mol. The van der Waals surface area contributed by atoms with Gasteiger partial charge in [0.05, 0.1) is 11.1 Å². The van der Waals surface area contributed by atoms with E-state index in [0.29, 0.717) is 5.75 Å². The second kappa shape index (κ2) is 6.53. The van der Waals surface area contributed by atoms with E-state index < -0.39 is 17.9 Å². The summed E-state index contributed by atoms with van der Waals surface area (Å²) in [6.45, 7) is 1.27. The SMILES string of the molecule is CC(=O)Oc1ccc(C(=O)OC(=O)c2ccccc2N)cc1. The lowest BCUT2D eigenvalue weighted by Gasteiger charge is -2.06. The van der Waals surface area contributed by atoms with E-state index in [9.17, 15) is 14.4 Å². The van der Waals surface area contributed by atoms with Gasteiger partial charge in [-0.1, -0.05) is 12.1 Å². The van der Waals surface area contributed by atoms with Crippen molar-refractivity contribution in [2.75, 3.05) is 5.73 Å². The molecule has 0 aliphatic rings. The van der Waals surface area contributed by atoms with Gasteiger partial charge in [0.25, 0.3) is 0 Å². The lowest BCUT2D eigenvalue weighted by molar-refractivity contribution is -0.131. The first-order chi connectivity index (χ1) is 10.5. The quantitative estimate of drug-likeness (QED) is 0.404. The summed E-state index contributed by atoms with van der Waals surface area (Å²) in [6.07, 6.45) is 0. The van der Waals surface area contributed by atoms with Gasteiger partial charge >= 0.3 is 17.9 Å². The molecule has 0 amide bonds. The lowest BCUT2D eigenvalue weighted by atomic mass is 10.2. The fourth-order valence-corrected chi connectivity index (χ4v) is 1.71. The number of anilines is 1. The number of ether oxygens (including phenoxy) is 2. The van der Waals surface area contributed by atoms with Crippen LogP contribution in [0.1, 0.15) is 27.6 Å². The maximum absolute atomic E-state index is 11.9. The van der Waals surface area contributed by atoms with Crippen LogP contribution in [0.5, 0.6) is 5.75 Å². The fraction of sp³-hybridized carbons (Fsp3) is 0.0625. The lowest BCUT2D eigenvalue weighted by Crippen LogP contribution is -2.14. The Hall–Kier alpha value is -3.15. The number of benzene rings is 2. The summed E-state index contributed by atoms with van der Waals surface area (Å²) in [4.78, 5) is 34.5. The van der Waals surface area contributed by atoms with Crippen molar-refractivity contribution in [3.8, 4) is 5.75 Å². The Morgan fingerprint density at radius 2 is 1.55 bits per heavy atom. The van der Waals surface area contributed by atoms with Gasteiger partial charge in [-0.05, 0) is 36.4 Å². The van der Waals surface area contributed by atoms with E-state index in [-0.39, 0.29) is 16.8 Å². The molecule has 2 aromatic carbocycles. The molecule has 2 rings (SSSR count). The minimum atomic E-state index is -0.827. The maximum atomic E-state index is 11.9. The number of para-hydroxylation sites is 1. The molecule has 112 valence electrons. The number of nitrogen functional groups attached to an aromatic ring is 1. The highest BCUT2D eigenvalue weighted by Crippen LogP contribution is 2.16. The molecular weight excluding hydrogens is 286 g/mol. The molecule has 0 bridgehead atoms. The molecule has 6 heteroatoms. The highest BCUT2D eigenvalue weighted by molar-refractivity contribution is 6.04. The molecule has 0 unspecified atom stereocenters. The monoisotopic (exact) mass is 299 g/mol. The van der Waals surface area contributed by atoms with Gasteiger partial charge < -0.3 is 15.2 Å². The van der Waals surface area contributed by atoms with Crippen LogP contribution in [-0.2, 0) is 9.53 Å².